The molecule has 6 rings (SSSR count). The number of carbonyl (C=O) groups excluding carboxylic acids is 2. The average molecular weight is 475 g/mol. The van der Waals surface area contributed by atoms with Gasteiger partial charge < -0.3 is 15.4 Å². The van der Waals surface area contributed by atoms with Gasteiger partial charge in [-0.1, -0.05) is 42.5 Å². The predicted octanol–water partition coefficient (Wildman–Crippen LogP) is 6.23. The fraction of sp³-hybridized carbons (Fsp3) is 0.533. The smallest absolute Gasteiger partial charge is 0.408 e. The number of rotatable bonds is 6. The third kappa shape index (κ3) is 5.55. The Morgan fingerprint density at radius 1 is 0.914 bits per heavy atom. The van der Waals surface area contributed by atoms with Crippen molar-refractivity contribution in [3.63, 3.8) is 0 Å². The molecule has 4 aliphatic carbocycles. The van der Waals surface area contributed by atoms with Crippen molar-refractivity contribution < 1.29 is 14.3 Å². The maximum Gasteiger partial charge on any atom is 0.408 e. The number of hydrogen-bond acceptors (Lipinski definition) is 3. The molecule has 5 heteroatoms. The van der Waals surface area contributed by atoms with Crippen LogP contribution in [0.1, 0.15) is 70.4 Å². The molecule has 2 N–H and O–H groups in total. The standard InChI is InChI=1S/C30H38N2O3/c1-29(2,3)35-28(34)32-26(16-20-7-5-4-6-8-20)27(33)31-25-11-9-24(10-12-25)30-17-21-13-22(18-30)15-23(14-21)19-30/h4-12,21-23,26H,13-19H2,1-3H3,(H,31,33)(H,32,34). The monoisotopic (exact) mass is 474 g/mol. The fourth-order valence-corrected chi connectivity index (χ4v) is 7.11. The summed E-state index contributed by atoms with van der Waals surface area (Å²) >= 11 is 0. The van der Waals surface area contributed by atoms with Crippen LogP contribution in [-0.2, 0) is 21.4 Å². The Morgan fingerprint density at radius 2 is 1.49 bits per heavy atom. The number of anilines is 1. The zero-order chi connectivity index (χ0) is 24.6. The number of amides is 2. The second-order valence-corrected chi connectivity index (χ2v) is 12.2. The molecule has 0 radical (unpaired) electrons. The summed E-state index contributed by atoms with van der Waals surface area (Å²) in [5, 5.41) is 5.79. The van der Waals surface area contributed by atoms with Gasteiger partial charge in [-0.25, -0.2) is 4.79 Å². The van der Waals surface area contributed by atoms with E-state index in [2.05, 4.69) is 22.8 Å². The van der Waals surface area contributed by atoms with Crippen LogP contribution in [0.25, 0.3) is 0 Å². The number of hydrogen-bond donors (Lipinski definition) is 2. The van der Waals surface area contributed by atoms with E-state index in [1.54, 1.807) is 0 Å². The number of alkyl carbamates (subject to hydrolysis) is 1. The number of ether oxygens (including phenoxy) is 1. The molecule has 5 nitrogen and oxygen atoms in total. The Kier molecular flexibility index (Phi) is 6.37. The SMILES string of the molecule is CC(C)(C)OC(=O)NC(Cc1ccccc1)C(=O)Nc1ccc(C23CC4CC(CC(C4)C2)C3)cc1. The third-order valence-electron chi connectivity index (χ3n) is 8.09. The van der Waals surface area contributed by atoms with Gasteiger partial charge in [0.2, 0.25) is 5.91 Å². The molecule has 0 aliphatic heterocycles. The van der Waals surface area contributed by atoms with Gasteiger partial charge in [0, 0.05) is 12.1 Å². The van der Waals surface area contributed by atoms with Crippen LogP contribution in [0.2, 0.25) is 0 Å². The summed E-state index contributed by atoms with van der Waals surface area (Å²) in [5.74, 6) is 2.46. The summed E-state index contributed by atoms with van der Waals surface area (Å²) in [4.78, 5) is 25.7. The van der Waals surface area contributed by atoms with Gasteiger partial charge in [-0.2, -0.15) is 0 Å². The number of carbonyl (C=O) groups is 2. The molecule has 0 heterocycles. The van der Waals surface area contributed by atoms with E-state index in [0.717, 1.165) is 29.0 Å². The molecule has 2 aromatic rings. The lowest BCUT2D eigenvalue weighted by Crippen LogP contribution is -2.48. The zero-order valence-electron chi connectivity index (χ0n) is 21.2. The minimum Gasteiger partial charge on any atom is -0.444 e. The van der Waals surface area contributed by atoms with Gasteiger partial charge in [0.15, 0.2) is 0 Å². The summed E-state index contributed by atoms with van der Waals surface area (Å²) in [5.41, 5.74) is 2.87. The lowest BCUT2D eigenvalue weighted by Gasteiger charge is -2.57. The van der Waals surface area contributed by atoms with Crippen molar-refractivity contribution in [2.45, 2.75) is 82.8 Å². The first-order chi connectivity index (χ1) is 16.7. The van der Waals surface area contributed by atoms with Gasteiger partial charge in [0.05, 0.1) is 0 Å². The Morgan fingerprint density at radius 3 is 2.03 bits per heavy atom. The second-order valence-electron chi connectivity index (χ2n) is 12.2. The van der Waals surface area contributed by atoms with Crippen molar-refractivity contribution in [2.75, 3.05) is 5.32 Å². The molecule has 0 spiro atoms. The van der Waals surface area contributed by atoms with Crippen molar-refractivity contribution in [1.82, 2.24) is 5.32 Å². The van der Waals surface area contributed by atoms with Crippen LogP contribution >= 0.6 is 0 Å². The summed E-state index contributed by atoms with van der Waals surface area (Å²) in [6.07, 6.45) is 8.06. The Balaban J connectivity index is 1.28. The van der Waals surface area contributed by atoms with Crippen LogP contribution in [0, 0.1) is 17.8 Å². The third-order valence-corrected chi connectivity index (χ3v) is 8.09. The van der Waals surface area contributed by atoms with Crippen LogP contribution in [0.4, 0.5) is 10.5 Å². The second kappa shape index (κ2) is 9.33. The molecule has 186 valence electrons. The quantitative estimate of drug-likeness (QED) is 0.522. The molecule has 4 saturated carbocycles. The molecular formula is C30H38N2O3. The molecular weight excluding hydrogens is 436 g/mol. The van der Waals surface area contributed by atoms with E-state index in [1.807, 2.05) is 63.2 Å². The maximum absolute atomic E-state index is 13.2. The van der Waals surface area contributed by atoms with Crippen molar-refractivity contribution in [3.05, 3.63) is 65.7 Å². The van der Waals surface area contributed by atoms with Crippen molar-refractivity contribution >= 4 is 17.7 Å². The van der Waals surface area contributed by atoms with Crippen LogP contribution in [0.15, 0.2) is 54.6 Å². The average Bonchev–Trinajstić information content (AvgIpc) is 2.77. The fourth-order valence-electron chi connectivity index (χ4n) is 7.11. The molecule has 4 aliphatic rings. The minimum atomic E-state index is -0.741. The Bertz CT molecular complexity index is 1020. The summed E-state index contributed by atoms with van der Waals surface area (Å²) in [6.45, 7) is 5.43. The van der Waals surface area contributed by atoms with E-state index in [0.29, 0.717) is 11.8 Å². The lowest BCUT2D eigenvalue weighted by molar-refractivity contribution is -0.118. The highest BCUT2D eigenvalue weighted by molar-refractivity contribution is 5.96. The van der Waals surface area contributed by atoms with Gasteiger partial charge in [0.25, 0.3) is 0 Å². The maximum atomic E-state index is 13.2. The van der Waals surface area contributed by atoms with E-state index < -0.39 is 17.7 Å². The van der Waals surface area contributed by atoms with Gasteiger partial charge in [-0.05, 0) is 106 Å². The van der Waals surface area contributed by atoms with Gasteiger partial charge in [0.1, 0.15) is 11.6 Å². The molecule has 1 unspecified atom stereocenters. The largest absolute Gasteiger partial charge is 0.444 e. The molecule has 4 bridgehead atoms. The Labute approximate surface area is 209 Å². The summed E-state index contributed by atoms with van der Waals surface area (Å²) in [7, 11) is 0. The normalized spacial score (nSPS) is 27.8. The number of benzene rings is 2. The predicted molar refractivity (Wildman–Crippen MR) is 138 cm³/mol. The van der Waals surface area contributed by atoms with Crippen LogP contribution in [0.5, 0.6) is 0 Å². The lowest BCUT2D eigenvalue weighted by atomic mass is 9.48. The molecule has 2 amide bonds. The first-order valence-corrected chi connectivity index (χ1v) is 13.1. The van der Waals surface area contributed by atoms with E-state index in [-0.39, 0.29) is 5.91 Å². The van der Waals surface area contributed by atoms with Crippen molar-refractivity contribution in [3.8, 4) is 0 Å². The highest BCUT2D eigenvalue weighted by Crippen LogP contribution is 2.60. The van der Waals surface area contributed by atoms with Gasteiger partial charge in [-0.15, -0.1) is 0 Å². The summed E-state index contributed by atoms with van der Waals surface area (Å²) < 4.78 is 5.41. The highest BCUT2D eigenvalue weighted by Gasteiger charge is 2.51. The first-order valence-electron chi connectivity index (χ1n) is 13.1. The van der Waals surface area contributed by atoms with Crippen LogP contribution in [-0.4, -0.2) is 23.6 Å². The molecule has 35 heavy (non-hydrogen) atoms. The minimum absolute atomic E-state index is 0.248. The van der Waals surface area contributed by atoms with Crippen molar-refractivity contribution in [2.24, 2.45) is 17.8 Å². The molecule has 0 saturated heterocycles. The highest BCUT2D eigenvalue weighted by atomic mass is 16.6. The van der Waals surface area contributed by atoms with E-state index in [1.165, 1.54) is 44.1 Å². The molecule has 2 aromatic carbocycles. The van der Waals surface area contributed by atoms with E-state index >= 15 is 0 Å². The molecule has 4 fully saturated rings. The first kappa shape index (κ1) is 23.9. The number of nitrogens with one attached hydrogen (secondary N) is 2. The van der Waals surface area contributed by atoms with Gasteiger partial charge >= 0.3 is 6.09 Å². The molecule has 0 aromatic heterocycles. The van der Waals surface area contributed by atoms with E-state index in [9.17, 15) is 9.59 Å². The van der Waals surface area contributed by atoms with E-state index in [4.69, 9.17) is 4.74 Å². The van der Waals surface area contributed by atoms with Crippen LogP contribution < -0.4 is 10.6 Å². The molecule has 1 atom stereocenters. The Hall–Kier alpha value is -2.82. The van der Waals surface area contributed by atoms with Crippen molar-refractivity contribution in [1.29, 1.82) is 0 Å². The van der Waals surface area contributed by atoms with Crippen LogP contribution in [0.3, 0.4) is 0 Å². The summed E-state index contributed by atoms with van der Waals surface area (Å²) in [6, 6.07) is 17.5. The van der Waals surface area contributed by atoms with Gasteiger partial charge in [-0.3, -0.25) is 4.79 Å². The zero-order valence-corrected chi connectivity index (χ0v) is 21.2. The topological polar surface area (TPSA) is 67.4 Å².